The Hall–Kier alpha value is -3.91. The summed E-state index contributed by atoms with van der Waals surface area (Å²) in [5, 5.41) is 4.88. The number of methoxy groups -OCH3 is 2. The number of ether oxygens (including phenoxy) is 4. The van der Waals surface area contributed by atoms with E-state index in [2.05, 4.69) is 31.2 Å². The monoisotopic (exact) mass is 751 g/mol. The van der Waals surface area contributed by atoms with E-state index in [4.69, 9.17) is 30.5 Å². The molecule has 52 heavy (non-hydrogen) atoms. The first-order valence-electron chi connectivity index (χ1n) is 17.7. The van der Waals surface area contributed by atoms with Gasteiger partial charge >= 0.3 is 0 Å². The van der Waals surface area contributed by atoms with Crippen LogP contribution in [-0.2, 0) is 43.1 Å². The van der Waals surface area contributed by atoms with Crippen molar-refractivity contribution >= 4 is 39.0 Å². The quantitative estimate of drug-likeness (QED) is 0.336. The van der Waals surface area contributed by atoms with E-state index < -0.39 is 27.3 Å². The SMILES string of the molecule is COc1nn(C)cc1C(=O)NS1(=O)=NC(=O)C(C)(C)OCC=C[C@H](OC)[C@@H]2CC[C@H]2CN2C[C@@]3(CCCc4cc(Cl)ccc43)COc3ccc1cc32. The van der Waals surface area contributed by atoms with Gasteiger partial charge in [0.2, 0.25) is 5.88 Å². The lowest BCUT2D eigenvalue weighted by atomic mass is 9.68. The third kappa shape index (κ3) is 6.83. The van der Waals surface area contributed by atoms with Gasteiger partial charge in [0.15, 0.2) is 9.92 Å². The molecule has 2 aliphatic heterocycles. The maximum atomic E-state index is 15.2. The van der Waals surface area contributed by atoms with E-state index >= 15 is 4.21 Å². The van der Waals surface area contributed by atoms with Crippen LogP contribution in [0.3, 0.4) is 0 Å². The maximum absolute atomic E-state index is 15.2. The average molecular weight is 752 g/mol. The summed E-state index contributed by atoms with van der Waals surface area (Å²) < 4.78 is 47.4. The van der Waals surface area contributed by atoms with Crippen molar-refractivity contribution in [2.75, 3.05) is 45.4 Å². The van der Waals surface area contributed by atoms with E-state index in [9.17, 15) is 9.59 Å². The van der Waals surface area contributed by atoms with Gasteiger partial charge in [-0.1, -0.05) is 29.8 Å². The molecular formula is C38H46ClN5O7S. The van der Waals surface area contributed by atoms with Crippen LogP contribution in [0.4, 0.5) is 5.69 Å². The van der Waals surface area contributed by atoms with Crippen LogP contribution in [0.5, 0.6) is 11.6 Å². The number of rotatable bonds is 4. The minimum absolute atomic E-state index is 0.0447. The lowest BCUT2D eigenvalue weighted by Crippen LogP contribution is -2.49. The van der Waals surface area contributed by atoms with Crippen LogP contribution in [0.1, 0.15) is 61.0 Å². The predicted octanol–water partition coefficient (Wildman–Crippen LogP) is 5.66. The molecule has 278 valence electrons. The zero-order valence-corrected chi connectivity index (χ0v) is 31.8. The number of carbonyl (C=O) groups excluding carboxylic acids is 2. The second-order valence-corrected chi connectivity index (χ2v) is 17.1. The number of nitrogens with one attached hydrogen (secondary N) is 1. The Balaban J connectivity index is 1.38. The summed E-state index contributed by atoms with van der Waals surface area (Å²) in [7, 11) is 0.802. The Labute approximate surface area is 310 Å². The highest BCUT2D eigenvalue weighted by Gasteiger charge is 2.45. The first-order chi connectivity index (χ1) is 24.8. The molecule has 0 radical (unpaired) electrons. The fraction of sp³-hybridized carbons (Fsp3) is 0.500. The molecule has 1 fully saturated rings. The molecule has 1 aromatic heterocycles. The second kappa shape index (κ2) is 14.1. The van der Waals surface area contributed by atoms with Crippen molar-refractivity contribution in [3.8, 4) is 11.6 Å². The summed E-state index contributed by atoms with van der Waals surface area (Å²) in [6.07, 6.45) is 10.1. The van der Waals surface area contributed by atoms with Crippen LogP contribution < -0.4 is 19.1 Å². The van der Waals surface area contributed by atoms with E-state index in [-0.39, 0.29) is 40.4 Å². The van der Waals surface area contributed by atoms with Crippen LogP contribution in [0, 0.1) is 11.8 Å². The lowest BCUT2D eigenvalue weighted by molar-refractivity contribution is -0.137. The highest BCUT2D eigenvalue weighted by atomic mass is 35.5. The minimum Gasteiger partial charge on any atom is -0.490 e. The number of aromatic nitrogens is 2. The van der Waals surface area contributed by atoms with Gasteiger partial charge in [0.1, 0.15) is 16.9 Å². The first-order valence-corrected chi connectivity index (χ1v) is 19.6. The van der Waals surface area contributed by atoms with Crippen molar-refractivity contribution in [2.45, 2.75) is 68.0 Å². The number of anilines is 1. The Bertz CT molecular complexity index is 2040. The summed E-state index contributed by atoms with van der Waals surface area (Å²) in [5.74, 6) is -0.320. The van der Waals surface area contributed by atoms with Crippen LogP contribution >= 0.6 is 11.6 Å². The van der Waals surface area contributed by atoms with Gasteiger partial charge in [0.05, 0.1) is 37.0 Å². The molecule has 1 unspecified atom stereocenters. The molecule has 2 amide bonds. The summed E-state index contributed by atoms with van der Waals surface area (Å²) in [4.78, 5) is 30.1. The van der Waals surface area contributed by atoms with Gasteiger partial charge in [-0.15, -0.1) is 9.46 Å². The first kappa shape index (κ1) is 36.4. The van der Waals surface area contributed by atoms with E-state index in [1.54, 1.807) is 46.2 Å². The van der Waals surface area contributed by atoms with Gasteiger partial charge in [-0.3, -0.25) is 19.0 Å². The van der Waals surface area contributed by atoms with Crippen molar-refractivity contribution in [3.05, 3.63) is 76.5 Å². The number of fused-ring (bicyclic) bond motifs is 4. The highest BCUT2D eigenvalue weighted by Crippen LogP contribution is 2.47. The second-order valence-electron chi connectivity index (χ2n) is 14.8. The number of halogens is 1. The molecule has 3 aromatic rings. The molecule has 14 heteroatoms. The van der Waals surface area contributed by atoms with Crippen molar-refractivity contribution in [1.29, 1.82) is 0 Å². The smallest absolute Gasteiger partial charge is 0.287 e. The van der Waals surface area contributed by atoms with Crippen LogP contribution in [0.15, 0.2) is 64.0 Å². The van der Waals surface area contributed by atoms with Crippen LogP contribution in [0.25, 0.3) is 0 Å². The number of hydrogen-bond acceptors (Lipinski definition) is 9. The van der Waals surface area contributed by atoms with Gasteiger partial charge in [-0.2, -0.15) is 0 Å². The largest absolute Gasteiger partial charge is 0.490 e. The number of hydrogen-bond donors (Lipinski definition) is 1. The molecule has 12 nitrogen and oxygen atoms in total. The molecule has 1 saturated carbocycles. The molecule has 2 aliphatic carbocycles. The predicted molar refractivity (Wildman–Crippen MR) is 197 cm³/mol. The van der Waals surface area contributed by atoms with Crippen molar-refractivity contribution in [1.82, 2.24) is 14.5 Å². The molecule has 2 aromatic carbocycles. The summed E-state index contributed by atoms with van der Waals surface area (Å²) in [6, 6.07) is 11.3. The normalized spacial score (nSPS) is 28.4. The maximum Gasteiger partial charge on any atom is 0.287 e. The molecule has 2 bridgehead atoms. The van der Waals surface area contributed by atoms with Gasteiger partial charge < -0.3 is 23.8 Å². The van der Waals surface area contributed by atoms with Crippen LogP contribution in [-0.4, -0.2) is 78.0 Å². The Morgan fingerprint density at radius 2 is 1.98 bits per heavy atom. The lowest BCUT2D eigenvalue weighted by Gasteiger charge is -2.46. The number of amides is 2. The number of carbonyl (C=O) groups is 2. The third-order valence-electron chi connectivity index (χ3n) is 11.0. The van der Waals surface area contributed by atoms with E-state index in [0.29, 0.717) is 36.4 Å². The topological polar surface area (TPSA) is 134 Å². The standard InChI is InChI=1S/C38H46ClN5O7S/c1-37(2)36(46)42-52(47,41-34(45)29-21-43(3)40-35(29)49-5)27-12-15-33-31(19-27)44(20-25-10-13-28(25)32(48-4)9-7-17-51-37)22-38(23-50-33)16-6-8-24-18-26(39)11-14-30(24)38/h7,9,11-12,14-15,18-19,21,25,28,32H,6,8,10,13,16-17,20,22-23H2,1-5H3,(H,41,42,45,46,47)/t25-,28+,32-,38-,52?/m0/s1. The third-order valence-corrected chi connectivity index (χ3v) is 13.0. The van der Waals surface area contributed by atoms with E-state index in [1.807, 2.05) is 18.2 Å². The molecular weight excluding hydrogens is 706 g/mol. The van der Waals surface area contributed by atoms with Gasteiger partial charge in [0.25, 0.3) is 11.8 Å². The molecule has 1 spiro atoms. The molecule has 0 saturated heterocycles. The molecule has 3 heterocycles. The van der Waals surface area contributed by atoms with E-state index in [1.165, 1.54) is 29.1 Å². The Morgan fingerprint density at radius 1 is 1.15 bits per heavy atom. The van der Waals surface area contributed by atoms with Gasteiger partial charge in [-0.05, 0) is 99.2 Å². The fourth-order valence-corrected chi connectivity index (χ4v) is 9.83. The minimum atomic E-state index is -3.95. The number of nitrogens with zero attached hydrogens (tertiary/aromatic N) is 4. The highest BCUT2D eigenvalue weighted by molar-refractivity contribution is 7.92. The number of aryl methyl sites for hydroxylation is 2. The zero-order chi connectivity index (χ0) is 36.8. The Morgan fingerprint density at radius 3 is 2.73 bits per heavy atom. The fourth-order valence-electron chi connectivity index (χ4n) is 8.02. The van der Waals surface area contributed by atoms with Gasteiger partial charge in [-0.25, -0.2) is 4.21 Å². The average Bonchev–Trinajstić information content (AvgIpc) is 3.42. The van der Waals surface area contributed by atoms with Crippen molar-refractivity contribution < 1.29 is 32.7 Å². The Kier molecular flexibility index (Phi) is 9.92. The summed E-state index contributed by atoms with van der Waals surface area (Å²) >= 11 is 6.47. The number of benzene rings is 2. The van der Waals surface area contributed by atoms with Crippen molar-refractivity contribution in [2.24, 2.45) is 23.2 Å². The van der Waals surface area contributed by atoms with Crippen molar-refractivity contribution in [3.63, 3.8) is 0 Å². The summed E-state index contributed by atoms with van der Waals surface area (Å²) in [5.41, 5.74) is 1.43. The van der Waals surface area contributed by atoms with E-state index in [0.717, 1.165) is 37.8 Å². The molecule has 7 rings (SSSR count). The van der Waals surface area contributed by atoms with Gasteiger partial charge in [0, 0.05) is 43.9 Å². The zero-order valence-electron chi connectivity index (χ0n) is 30.2. The molecule has 1 N–H and O–H groups in total. The molecule has 5 atom stereocenters. The van der Waals surface area contributed by atoms with Crippen LogP contribution in [0.2, 0.25) is 5.02 Å². The molecule has 4 aliphatic rings. The summed E-state index contributed by atoms with van der Waals surface area (Å²) in [6.45, 7) is 5.04.